The van der Waals surface area contributed by atoms with E-state index in [4.69, 9.17) is 35.4 Å². The van der Waals surface area contributed by atoms with Crippen LogP contribution >= 0.6 is 69.8 Å². The van der Waals surface area contributed by atoms with Crippen molar-refractivity contribution in [2.24, 2.45) is 0 Å². The van der Waals surface area contributed by atoms with E-state index in [2.05, 4.69) is 10.7 Å². The van der Waals surface area contributed by atoms with Crippen LogP contribution in [0.15, 0.2) is 41.3 Å². The predicted molar refractivity (Wildman–Crippen MR) is 124 cm³/mol. The molecule has 144 valence electrons. The molecule has 0 radical (unpaired) electrons. The molecule has 1 heterocycles. The van der Waals surface area contributed by atoms with Gasteiger partial charge in [-0.15, -0.1) is 0 Å². The second-order valence-electron chi connectivity index (χ2n) is 5.42. The van der Waals surface area contributed by atoms with Crippen molar-refractivity contribution >= 4 is 97.8 Å². The SMILES string of the molecule is O=C(Nc1ccc(Cl)c(Cl)c1)NN1C(=O)/C(=C/c2ccc(O)c(I)c2)SC1=S. The lowest BCUT2D eigenvalue weighted by Crippen LogP contribution is -2.46. The van der Waals surface area contributed by atoms with Gasteiger partial charge in [-0.05, 0) is 76.8 Å². The van der Waals surface area contributed by atoms with Crippen molar-refractivity contribution in [1.29, 1.82) is 0 Å². The molecule has 28 heavy (non-hydrogen) atoms. The monoisotopic (exact) mass is 565 g/mol. The van der Waals surface area contributed by atoms with E-state index in [1.807, 2.05) is 22.6 Å². The summed E-state index contributed by atoms with van der Waals surface area (Å²) in [5.41, 5.74) is 3.54. The number of nitrogens with one attached hydrogen (secondary N) is 2. The van der Waals surface area contributed by atoms with Crippen LogP contribution in [0.3, 0.4) is 0 Å². The highest BCUT2D eigenvalue weighted by Gasteiger charge is 2.33. The number of aromatic hydroxyl groups is 1. The zero-order chi connectivity index (χ0) is 20.4. The quantitative estimate of drug-likeness (QED) is 0.269. The smallest absolute Gasteiger partial charge is 0.338 e. The number of halogens is 3. The topological polar surface area (TPSA) is 81.7 Å². The van der Waals surface area contributed by atoms with Crippen molar-refractivity contribution in [1.82, 2.24) is 10.4 Å². The number of urea groups is 1. The van der Waals surface area contributed by atoms with Gasteiger partial charge in [-0.2, -0.15) is 5.01 Å². The highest BCUT2D eigenvalue weighted by atomic mass is 127. The number of phenols is 1. The zero-order valence-electron chi connectivity index (χ0n) is 13.7. The Morgan fingerprint density at radius 2 is 1.96 bits per heavy atom. The van der Waals surface area contributed by atoms with Gasteiger partial charge in [-0.25, -0.2) is 10.2 Å². The molecule has 2 aromatic rings. The zero-order valence-corrected chi connectivity index (χ0v) is 19.0. The lowest BCUT2D eigenvalue weighted by Gasteiger charge is -2.16. The van der Waals surface area contributed by atoms with Crippen LogP contribution in [0.5, 0.6) is 5.75 Å². The van der Waals surface area contributed by atoms with Gasteiger partial charge in [0.2, 0.25) is 0 Å². The molecular formula is C17H10Cl2IN3O3S2. The summed E-state index contributed by atoms with van der Waals surface area (Å²) in [6.45, 7) is 0. The Morgan fingerprint density at radius 3 is 2.64 bits per heavy atom. The van der Waals surface area contributed by atoms with Gasteiger partial charge in [-0.1, -0.05) is 41.0 Å². The second-order valence-corrected chi connectivity index (χ2v) is 9.08. The maximum absolute atomic E-state index is 12.6. The van der Waals surface area contributed by atoms with Crippen molar-refractivity contribution < 1.29 is 14.7 Å². The van der Waals surface area contributed by atoms with Gasteiger partial charge in [0.1, 0.15) is 5.75 Å². The summed E-state index contributed by atoms with van der Waals surface area (Å²) >= 11 is 20.0. The molecule has 0 atom stereocenters. The fourth-order valence-electron chi connectivity index (χ4n) is 2.16. The van der Waals surface area contributed by atoms with Gasteiger partial charge in [-0.3, -0.25) is 4.79 Å². The number of amides is 3. The minimum atomic E-state index is -0.657. The molecule has 0 aromatic heterocycles. The molecule has 1 saturated heterocycles. The molecule has 0 saturated carbocycles. The van der Waals surface area contributed by atoms with Gasteiger partial charge < -0.3 is 10.4 Å². The van der Waals surface area contributed by atoms with Crippen LogP contribution < -0.4 is 10.7 Å². The number of hydrogen-bond donors (Lipinski definition) is 3. The van der Waals surface area contributed by atoms with Crippen LogP contribution in [0.4, 0.5) is 10.5 Å². The van der Waals surface area contributed by atoms with E-state index in [0.29, 0.717) is 19.2 Å². The minimum Gasteiger partial charge on any atom is -0.507 e. The normalized spacial score (nSPS) is 15.2. The number of benzene rings is 2. The molecule has 3 N–H and O–H groups in total. The highest BCUT2D eigenvalue weighted by Crippen LogP contribution is 2.32. The number of hydrogen-bond acceptors (Lipinski definition) is 5. The van der Waals surface area contributed by atoms with E-state index >= 15 is 0 Å². The number of anilines is 1. The number of phenolic OH excluding ortho intramolecular Hbond substituents is 1. The number of thioether (sulfide) groups is 1. The van der Waals surface area contributed by atoms with Crippen LogP contribution in [0, 0.1) is 3.57 Å². The Kier molecular flexibility index (Phi) is 6.71. The third-order valence-electron chi connectivity index (χ3n) is 3.45. The summed E-state index contributed by atoms with van der Waals surface area (Å²) in [5.74, 6) is -0.298. The fourth-order valence-corrected chi connectivity index (χ4v) is 4.18. The Bertz CT molecular complexity index is 1030. The minimum absolute atomic E-state index is 0.158. The lowest BCUT2D eigenvalue weighted by atomic mass is 10.2. The third kappa shape index (κ3) is 4.90. The highest BCUT2D eigenvalue weighted by molar-refractivity contribution is 14.1. The molecule has 0 spiro atoms. The summed E-state index contributed by atoms with van der Waals surface area (Å²) in [6.07, 6.45) is 1.64. The molecule has 6 nitrogen and oxygen atoms in total. The van der Waals surface area contributed by atoms with E-state index in [1.165, 1.54) is 12.1 Å². The first-order valence-electron chi connectivity index (χ1n) is 7.54. The number of rotatable bonds is 3. The van der Waals surface area contributed by atoms with Gasteiger partial charge in [0, 0.05) is 5.69 Å². The average Bonchev–Trinajstić information content (AvgIpc) is 2.89. The Labute approximate surface area is 193 Å². The Morgan fingerprint density at radius 1 is 1.21 bits per heavy atom. The van der Waals surface area contributed by atoms with Crippen molar-refractivity contribution in [2.75, 3.05) is 5.32 Å². The average molecular weight is 566 g/mol. The number of carbonyl (C=O) groups excluding carboxylic acids is 2. The molecular weight excluding hydrogens is 556 g/mol. The van der Waals surface area contributed by atoms with Crippen LogP contribution in [-0.4, -0.2) is 26.4 Å². The van der Waals surface area contributed by atoms with Crippen molar-refractivity contribution in [3.63, 3.8) is 0 Å². The maximum Gasteiger partial charge on any atom is 0.338 e. The third-order valence-corrected chi connectivity index (χ3v) is 6.36. The maximum atomic E-state index is 12.6. The molecule has 1 fully saturated rings. The van der Waals surface area contributed by atoms with E-state index in [-0.39, 0.29) is 15.1 Å². The molecule has 2 aromatic carbocycles. The molecule has 0 aliphatic carbocycles. The largest absolute Gasteiger partial charge is 0.507 e. The van der Waals surface area contributed by atoms with Crippen LogP contribution in [0.25, 0.3) is 6.08 Å². The standard InChI is InChI=1S/C17H10Cl2IN3O3S2/c18-10-3-2-9(7-11(10)19)21-16(26)22-23-15(25)14(28-17(23)27)6-8-1-4-13(24)12(20)5-8/h1-7,24H,(H2,21,22,26)/b14-6-. The first-order valence-corrected chi connectivity index (χ1v) is 10.6. The van der Waals surface area contributed by atoms with Crippen LogP contribution in [-0.2, 0) is 4.79 Å². The van der Waals surface area contributed by atoms with Crippen molar-refractivity contribution in [2.45, 2.75) is 0 Å². The summed E-state index contributed by atoms with van der Waals surface area (Å²) in [7, 11) is 0. The molecule has 0 unspecified atom stereocenters. The van der Waals surface area contributed by atoms with Crippen molar-refractivity contribution in [3.8, 4) is 5.75 Å². The number of hydrazine groups is 1. The molecule has 3 rings (SSSR count). The number of nitrogens with zero attached hydrogens (tertiary/aromatic N) is 1. The number of carbonyl (C=O) groups is 2. The summed E-state index contributed by atoms with van der Waals surface area (Å²) in [6, 6.07) is 8.89. The van der Waals surface area contributed by atoms with Gasteiger partial charge in [0.05, 0.1) is 18.5 Å². The Balaban J connectivity index is 1.70. The van der Waals surface area contributed by atoms with Gasteiger partial charge in [0.25, 0.3) is 5.91 Å². The van der Waals surface area contributed by atoms with E-state index < -0.39 is 11.9 Å². The van der Waals surface area contributed by atoms with E-state index in [1.54, 1.807) is 30.3 Å². The molecule has 1 aliphatic heterocycles. The van der Waals surface area contributed by atoms with Gasteiger partial charge >= 0.3 is 6.03 Å². The predicted octanol–water partition coefficient (Wildman–Crippen LogP) is 5.24. The first kappa shape index (κ1) is 21.2. The van der Waals surface area contributed by atoms with Gasteiger partial charge in [0.15, 0.2) is 4.32 Å². The van der Waals surface area contributed by atoms with Crippen LogP contribution in [0.2, 0.25) is 10.0 Å². The molecule has 1 aliphatic rings. The second kappa shape index (κ2) is 8.87. The summed E-state index contributed by atoms with van der Waals surface area (Å²) in [4.78, 5) is 25.1. The summed E-state index contributed by atoms with van der Waals surface area (Å²) in [5, 5.41) is 13.8. The molecule has 0 bridgehead atoms. The number of thiocarbonyl (C=S) groups is 1. The fraction of sp³-hybridized carbons (Fsp3) is 0. The lowest BCUT2D eigenvalue weighted by molar-refractivity contribution is -0.123. The van der Waals surface area contributed by atoms with E-state index in [0.717, 1.165) is 22.3 Å². The molecule has 11 heteroatoms. The molecule has 3 amide bonds. The van der Waals surface area contributed by atoms with Crippen LogP contribution in [0.1, 0.15) is 5.56 Å². The first-order chi connectivity index (χ1) is 13.2. The van der Waals surface area contributed by atoms with Crippen molar-refractivity contribution in [3.05, 3.63) is 60.5 Å². The van der Waals surface area contributed by atoms with E-state index in [9.17, 15) is 14.7 Å². The summed E-state index contributed by atoms with van der Waals surface area (Å²) < 4.78 is 0.843. The Hall–Kier alpha value is -1.53.